The summed E-state index contributed by atoms with van der Waals surface area (Å²) in [5.41, 5.74) is 2.57. The zero-order chi connectivity index (χ0) is 24.3. The number of benzene rings is 3. The summed E-state index contributed by atoms with van der Waals surface area (Å²) in [5.74, 6) is 0.516. The summed E-state index contributed by atoms with van der Waals surface area (Å²) in [6.07, 6.45) is -0.0604. The van der Waals surface area contributed by atoms with Crippen LogP contribution in [0.4, 0.5) is 5.69 Å². The first-order chi connectivity index (χ1) is 16.3. The molecule has 1 aliphatic rings. The predicted octanol–water partition coefficient (Wildman–Crippen LogP) is 4.09. The lowest BCUT2D eigenvalue weighted by molar-refractivity contribution is -0.128. The highest BCUT2D eigenvalue weighted by Crippen LogP contribution is 2.37. The Balaban J connectivity index is 1.58. The van der Waals surface area contributed by atoms with Crippen molar-refractivity contribution in [2.24, 2.45) is 0 Å². The number of para-hydroxylation sites is 2. The SMILES string of the molecule is CCc1ccc([C@@H](C)NC(=O)[C@@H]2CN(S(=O)(=O)c3ccc(OC)cc3)c3ccccc3O2)cc1. The number of hydrogen-bond acceptors (Lipinski definition) is 5. The standard InChI is InChI=1S/C26H28N2O5S/c1-4-19-9-11-20(12-10-19)18(2)27-26(29)25-17-28(23-7-5-6-8-24(23)33-25)34(30,31)22-15-13-21(32-3)14-16-22/h5-16,18,25H,4,17H2,1-3H3,(H,27,29)/t18-,25+/m1/s1. The van der Waals surface area contributed by atoms with Gasteiger partial charge in [-0.05, 0) is 60.9 Å². The lowest BCUT2D eigenvalue weighted by Crippen LogP contribution is -2.51. The van der Waals surface area contributed by atoms with E-state index in [9.17, 15) is 13.2 Å². The fourth-order valence-electron chi connectivity index (χ4n) is 3.87. The van der Waals surface area contributed by atoms with Crippen LogP contribution in [0.5, 0.6) is 11.5 Å². The Kier molecular flexibility index (Phi) is 6.79. The topological polar surface area (TPSA) is 84.9 Å². The molecular weight excluding hydrogens is 452 g/mol. The van der Waals surface area contributed by atoms with E-state index >= 15 is 0 Å². The van der Waals surface area contributed by atoms with Gasteiger partial charge in [0.2, 0.25) is 0 Å². The summed E-state index contributed by atoms with van der Waals surface area (Å²) in [6.45, 7) is 3.84. The minimum Gasteiger partial charge on any atom is -0.497 e. The second kappa shape index (κ2) is 9.77. The molecule has 0 spiro atoms. The van der Waals surface area contributed by atoms with Gasteiger partial charge in [0.1, 0.15) is 11.5 Å². The van der Waals surface area contributed by atoms with Gasteiger partial charge < -0.3 is 14.8 Å². The van der Waals surface area contributed by atoms with E-state index in [1.807, 2.05) is 31.2 Å². The molecule has 3 aromatic rings. The number of nitrogens with zero attached hydrogens (tertiary/aromatic N) is 1. The fraction of sp³-hybridized carbons (Fsp3) is 0.269. The molecule has 3 aromatic carbocycles. The molecule has 7 nitrogen and oxygen atoms in total. The van der Waals surface area contributed by atoms with Crippen molar-refractivity contribution in [1.82, 2.24) is 5.32 Å². The Bertz CT molecular complexity index is 1260. The highest BCUT2D eigenvalue weighted by Gasteiger charge is 2.37. The number of hydrogen-bond donors (Lipinski definition) is 1. The number of anilines is 1. The molecule has 0 bridgehead atoms. The van der Waals surface area contributed by atoms with Gasteiger partial charge in [0.05, 0.1) is 30.3 Å². The number of methoxy groups -OCH3 is 1. The first-order valence-corrected chi connectivity index (χ1v) is 12.6. The van der Waals surface area contributed by atoms with Gasteiger partial charge >= 0.3 is 0 Å². The third kappa shape index (κ3) is 4.72. The van der Waals surface area contributed by atoms with Crippen molar-refractivity contribution in [3.8, 4) is 11.5 Å². The molecule has 0 saturated carbocycles. The molecule has 0 aromatic heterocycles. The molecular formula is C26H28N2O5S. The summed E-state index contributed by atoms with van der Waals surface area (Å²) in [4.78, 5) is 13.2. The molecule has 0 radical (unpaired) electrons. The van der Waals surface area contributed by atoms with Crippen LogP contribution in [0.15, 0.2) is 77.7 Å². The first-order valence-electron chi connectivity index (χ1n) is 11.1. The highest BCUT2D eigenvalue weighted by molar-refractivity contribution is 7.92. The lowest BCUT2D eigenvalue weighted by Gasteiger charge is -2.35. The number of nitrogens with one attached hydrogen (secondary N) is 1. The van der Waals surface area contributed by atoms with Crippen molar-refractivity contribution in [3.63, 3.8) is 0 Å². The third-order valence-electron chi connectivity index (χ3n) is 5.92. The number of carbonyl (C=O) groups is 1. The molecule has 2 atom stereocenters. The van der Waals surface area contributed by atoms with Crippen molar-refractivity contribution in [2.45, 2.75) is 37.3 Å². The van der Waals surface area contributed by atoms with E-state index in [-0.39, 0.29) is 23.4 Å². The molecule has 0 saturated heterocycles. The van der Waals surface area contributed by atoms with E-state index in [1.54, 1.807) is 36.4 Å². The molecule has 0 unspecified atom stereocenters. The quantitative estimate of drug-likeness (QED) is 0.551. The number of aryl methyl sites for hydroxylation is 1. The van der Waals surface area contributed by atoms with Gasteiger partial charge in [0.25, 0.3) is 15.9 Å². The van der Waals surface area contributed by atoms with Crippen molar-refractivity contribution >= 4 is 21.6 Å². The van der Waals surface area contributed by atoms with Crippen LogP contribution >= 0.6 is 0 Å². The van der Waals surface area contributed by atoms with Crippen molar-refractivity contribution < 1.29 is 22.7 Å². The van der Waals surface area contributed by atoms with Gasteiger partial charge in [-0.1, -0.05) is 43.3 Å². The Hall–Kier alpha value is -3.52. The molecule has 0 fully saturated rings. The normalized spacial score (nSPS) is 16.2. The molecule has 1 aliphatic heterocycles. The fourth-order valence-corrected chi connectivity index (χ4v) is 5.35. The smallest absolute Gasteiger partial charge is 0.264 e. The van der Waals surface area contributed by atoms with Crippen LogP contribution in [0.1, 0.15) is 31.0 Å². The van der Waals surface area contributed by atoms with Gasteiger partial charge in [-0.3, -0.25) is 9.10 Å². The van der Waals surface area contributed by atoms with Gasteiger partial charge in [-0.15, -0.1) is 0 Å². The number of amides is 1. The second-order valence-corrected chi connectivity index (χ2v) is 9.97. The molecule has 1 N–H and O–H groups in total. The Morgan fingerprint density at radius 2 is 1.76 bits per heavy atom. The van der Waals surface area contributed by atoms with Crippen molar-refractivity contribution in [2.75, 3.05) is 18.0 Å². The number of carbonyl (C=O) groups excluding carboxylic acids is 1. The number of sulfonamides is 1. The molecule has 34 heavy (non-hydrogen) atoms. The molecule has 8 heteroatoms. The number of rotatable bonds is 7. The summed E-state index contributed by atoms with van der Waals surface area (Å²) < 4.78 is 39.3. The van der Waals surface area contributed by atoms with E-state index in [1.165, 1.54) is 29.1 Å². The van der Waals surface area contributed by atoms with Crippen LogP contribution in [0.25, 0.3) is 0 Å². The van der Waals surface area contributed by atoms with Gasteiger partial charge in [0.15, 0.2) is 6.10 Å². The Labute approximate surface area is 200 Å². The van der Waals surface area contributed by atoms with Crippen LogP contribution in [0, 0.1) is 0 Å². The lowest BCUT2D eigenvalue weighted by atomic mass is 10.0. The van der Waals surface area contributed by atoms with Crippen molar-refractivity contribution in [3.05, 3.63) is 83.9 Å². The highest BCUT2D eigenvalue weighted by atomic mass is 32.2. The Morgan fingerprint density at radius 1 is 1.09 bits per heavy atom. The molecule has 0 aliphatic carbocycles. The minimum absolute atomic E-state index is 0.105. The van der Waals surface area contributed by atoms with E-state index < -0.39 is 16.1 Å². The van der Waals surface area contributed by atoms with E-state index in [4.69, 9.17) is 9.47 Å². The Morgan fingerprint density at radius 3 is 2.41 bits per heavy atom. The first kappa shape index (κ1) is 23.6. The summed E-state index contributed by atoms with van der Waals surface area (Å²) in [7, 11) is -2.42. The maximum Gasteiger partial charge on any atom is 0.264 e. The predicted molar refractivity (Wildman–Crippen MR) is 131 cm³/mol. The molecule has 178 valence electrons. The van der Waals surface area contributed by atoms with Crippen LogP contribution in [0.2, 0.25) is 0 Å². The largest absolute Gasteiger partial charge is 0.497 e. The zero-order valence-corrected chi connectivity index (χ0v) is 20.2. The number of ether oxygens (including phenoxy) is 2. The summed E-state index contributed by atoms with van der Waals surface area (Å²) >= 11 is 0. The van der Waals surface area contributed by atoms with E-state index in [0.29, 0.717) is 17.2 Å². The van der Waals surface area contributed by atoms with E-state index in [0.717, 1.165) is 12.0 Å². The van der Waals surface area contributed by atoms with Crippen LogP contribution in [-0.4, -0.2) is 34.1 Å². The third-order valence-corrected chi connectivity index (χ3v) is 7.72. The van der Waals surface area contributed by atoms with Crippen LogP contribution < -0.4 is 19.1 Å². The van der Waals surface area contributed by atoms with Crippen molar-refractivity contribution in [1.29, 1.82) is 0 Å². The maximum atomic E-state index is 13.5. The average molecular weight is 481 g/mol. The summed E-state index contributed by atoms with van der Waals surface area (Å²) in [6, 6.07) is 20.8. The molecule has 4 rings (SSSR count). The number of fused-ring (bicyclic) bond motifs is 1. The summed E-state index contributed by atoms with van der Waals surface area (Å²) in [5, 5.41) is 2.96. The average Bonchev–Trinajstić information content (AvgIpc) is 2.87. The monoisotopic (exact) mass is 480 g/mol. The van der Waals surface area contributed by atoms with E-state index in [2.05, 4.69) is 12.2 Å². The zero-order valence-electron chi connectivity index (χ0n) is 19.4. The van der Waals surface area contributed by atoms with Gasteiger partial charge in [-0.25, -0.2) is 8.42 Å². The van der Waals surface area contributed by atoms with Gasteiger partial charge in [-0.2, -0.15) is 0 Å². The van der Waals surface area contributed by atoms with Gasteiger partial charge in [0, 0.05) is 0 Å². The minimum atomic E-state index is -3.94. The molecule has 1 amide bonds. The van der Waals surface area contributed by atoms with Crippen LogP contribution in [-0.2, 0) is 21.2 Å². The maximum absolute atomic E-state index is 13.5. The van der Waals surface area contributed by atoms with Crippen LogP contribution in [0.3, 0.4) is 0 Å². The second-order valence-electron chi connectivity index (χ2n) is 8.11. The molecule has 1 heterocycles.